The molecule has 108 valence electrons. The SMILES string of the molecule is CCCOC(CC(=O)O)C(=O)O.OCCCCO. The third-order valence-electron chi connectivity index (χ3n) is 1.72. The van der Waals surface area contributed by atoms with Gasteiger partial charge in [-0.15, -0.1) is 0 Å². The molecule has 0 saturated carbocycles. The Labute approximate surface area is 106 Å². The molecule has 0 radical (unpaired) electrons. The van der Waals surface area contributed by atoms with Crippen LogP contribution in [0.25, 0.3) is 0 Å². The maximum Gasteiger partial charge on any atom is 0.333 e. The molecule has 1 atom stereocenters. The zero-order valence-corrected chi connectivity index (χ0v) is 10.5. The summed E-state index contributed by atoms with van der Waals surface area (Å²) in [5.41, 5.74) is 0. The molecule has 18 heavy (non-hydrogen) atoms. The molecule has 4 N–H and O–H groups in total. The average Bonchev–Trinajstić information content (AvgIpc) is 2.32. The molecule has 7 heteroatoms. The van der Waals surface area contributed by atoms with Crippen molar-refractivity contribution < 1.29 is 34.8 Å². The molecule has 0 aromatic rings. The Bertz CT molecular complexity index is 213. The molecule has 0 rings (SSSR count). The van der Waals surface area contributed by atoms with Gasteiger partial charge in [0.05, 0.1) is 6.42 Å². The number of aliphatic hydroxyl groups excluding tert-OH is 2. The van der Waals surface area contributed by atoms with Crippen molar-refractivity contribution in [2.45, 2.75) is 38.7 Å². The Morgan fingerprint density at radius 2 is 1.61 bits per heavy atom. The lowest BCUT2D eigenvalue weighted by atomic mass is 10.2. The first-order valence-electron chi connectivity index (χ1n) is 5.77. The second kappa shape index (κ2) is 13.9. The van der Waals surface area contributed by atoms with Gasteiger partial charge in [0, 0.05) is 19.8 Å². The maximum absolute atomic E-state index is 10.4. The van der Waals surface area contributed by atoms with Gasteiger partial charge in [-0.25, -0.2) is 4.79 Å². The summed E-state index contributed by atoms with van der Waals surface area (Å²) in [6.45, 7) is 2.48. The fourth-order valence-corrected chi connectivity index (χ4v) is 0.860. The summed E-state index contributed by atoms with van der Waals surface area (Å²) in [6, 6.07) is 0. The average molecular weight is 266 g/mol. The summed E-state index contributed by atoms with van der Waals surface area (Å²) in [6.07, 6.45) is 0.397. The highest BCUT2D eigenvalue weighted by Crippen LogP contribution is 1.99. The second-order valence-electron chi connectivity index (χ2n) is 3.45. The lowest BCUT2D eigenvalue weighted by Gasteiger charge is -2.09. The van der Waals surface area contributed by atoms with E-state index in [9.17, 15) is 9.59 Å². The van der Waals surface area contributed by atoms with Crippen LogP contribution in [0, 0.1) is 0 Å². The largest absolute Gasteiger partial charge is 0.481 e. The number of rotatable bonds is 9. The van der Waals surface area contributed by atoms with Crippen LogP contribution in [-0.4, -0.2) is 58.3 Å². The molecule has 1 unspecified atom stereocenters. The first-order valence-corrected chi connectivity index (χ1v) is 5.77. The van der Waals surface area contributed by atoms with E-state index < -0.39 is 24.5 Å². The summed E-state index contributed by atoms with van der Waals surface area (Å²) in [7, 11) is 0. The standard InChI is InChI=1S/C7H12O5.C4H10O2/c1-2-3-12-5(7(10)11)4-6(8)9;5-3-1-2-4-6/h5H,2-4H2,1H3,(H,8,9)(H,10,11);5-6H,1-4H2. The quantitative estimate of drug-likeness (QED) is 0.436. The highest BCUT2D eigenvalue weighted by atomic mass is 16.5. The predicted molar refractivity (Wildman–Crippen MR) is 63.3 cm³/mol. The minimum Gasteiger partial charge on any atom is -0.481 e. The number of carboxylic acid groups (broad SMARTS) is 2. The molecule has 0 heterocycles. The number of aliphatic carboxylic acids is 2. The van der Waals surface area contributed by atoms with Gasteiger partial charge in [-0.2, -0.15) is 0 Å². The van der Waals surface area contributed by atoms with Crippen molar-refractivity contribution in [2.75, 3.05) is 19.8 Å². The lowest BCUT2D eigenvalue weighted by molar-refractivity contribution is -0.156. The zero-order valence-electron chi connectivity index (χ0n) is 10.5. The Morgan fingerprint density at radius 3 is 1.89 bits per heavy atom. The summed E-state index contributed by atoms with van der Waals surface area (Å²) in [5, 5.41) is 32.9. The van der Waals surface area contributed by atoms with E-state index in [1.54, 1.807) is 0 Å². The summed E-state index contributed by atoms with van der Waals surface area (Å²) in [5.74, 6) is -2.40. The number of hydrogen-bond acceptors (Lipinski definition) is 5. The van der Waals surface area contributed by atoms with Crippen LogP contribution in [0.4, 0.5) is 0 Å². The van der Waals surface area contributed by atoms with E-state index >= 15 is 0 Å². The van der Waals surface area contributed by atoms with E-state index in [4.69, 9.17) is 25.2 Å². The van der Waals surface area contributed by atoms with Crippen molar-refractivity contribution in [1.29, 1.82) is 0 Å². The van der Waals surface area contributed by atoms with Gasteiger partial charge in [0.25, 0.3) is 0 Å². The normalized spacial score (nSPS) is 11.3. The number of carboxylic acids is 2. The zero-order chi connectivity index (χ0) is 14.4. The molecular formula is C11H22O7. The number of ether oxygens (including phenoxy) is 1. The fourth-order valence-electron chi connectivity index (χ4n) is 0.860. The Morgan fingerprint density at radius 1 is 1.11 bits per heavy atom. The molecular weight excluding hydrogens is 244 g/mol. The minimum absolute atomic E-state index is 0.195. The highest BCUT2D eigenvalue weighted by molar-refractivity contribution is 5.79. The summed E-state index contributed by atoms with van der Waals surface area (Å²) in [4.78, 5) is 20.5. The maximum atomic E-state index is 10.4. The van der Waals surface area contributed by atoms with E-state index in [1.165, 1.54) is 0 Å². The number of carbonyl (C=O) groups is 2. The van der Waals surface area contributed by atoms with Gasteiger partial charge in [-0.3, -0.25) is 4.79 Å². The third-order valence-corrected chi connectivity index (χ3v) is 1.72. The molecule has 0 fully saturated rings. The molecule has 0 aliphatic heterocycles. The summed E-state index contributed by atoms with van der Waals surface area (Å²) < 4.78 is 4.78. The third kappa shape index (κ3) is 14.8. The predicted octanol–water partition coefficient (Wildman–Crippen LogP) is 0.0921. The molecule has 0 bridgehead atoms. The van der Waals surface area contributed by atoms with Gasteiger partial charge >= 0.3 is 11.9 Å². The molecule has 0 amide bonds. The first kappa shape index (κ1) is 19.2. The van der Waals surface area contributed by atoms with Crippen LogP contribution < -0.4 is 0 Å². The van der Waals surface area contributed by atoms with Crippen molar-refractivity contribution in [3.63, 3.8) is 0 Å². The number of aliphatic hydroxyl groups is 2. The van der Waals surface area contributed by atoms with Gasteiger partial charge in [-0.1, -0.05) is 6.92 Å². The van der Waals surface area contributed by atoms with Crippen molar-refractivity contribution in [3.8, 4) is 0 Å². The van der Waals surface area contributed by atoms with Crippen LogP contribution in [0.3, 0.4) is 0 Å². The molecule has 0 aliphatic carbocycles. The van der Waals surface area contributed by atoms with Crippen LogP contribution in [-0.2, 0) is 14.3 Å². The van der Waals surface area contributed by atoms with E-state index in [2.05, 4.69) is 0 Å². The van der Waals surface area contributed by atoms with Crippen LogP contribution >= 0.6 is 0 Å². The first-order chi connectivity index (χ1) is 8.49. The number of unbranched alkanes of at least 4 members (excludes halogenated alkanes) is 1. The lowest BCUT2D eigenvalue weighted by Crippen LogP contribution is -2.27. The molecule has 0 saturated heterocycles. The fraction of sp³-hybridized carbons (Fsp3) is 0.818. The Kier molecular flexibility index (Phi) is 14.8. The second-order valence-corrected chi connectivity index (χ2v) is 3.45. The van der Waals surface area contributed by atoms with Crippen molar-refractivity contribution in [2.24, 2.45) is 0 Å². The van der Waals surface area contributed by atoms with Gasteiger partial charge < -0.3 is 25.2 Å². The Hall–Kier alpha value is -1.18. The monoisotopic (exact) mass is 266 g/mol. The molecule has 7 nitrogen and oxygen atoms in total. The Balaban J connectivity index is 0. The number of hydrogen-bond donors (Lipinski definition) is 4. The molecule has 0 aromatic heterocycles. The van der Waals surface area contributed by atoms with Crippen LogP contribution in [0.5, 0.6) is 0 Å². The van der Waals surface area contributed by atoms with Crippen molar-refractivity contribution in [3.05, 3.63) is 0 Å². The molecule has 0 aromatic carbocycles. The van der Waals surface area contributed by atoms with Gasteiger partial charge in [0.1, 0.15) is 0 Å². The van der Waals surface area contributed by atoms with E-state index in [0.717, 1.165) is 12.8 Å². The topological polar surface area (TPSA) is 124 Å². The summed E-state index contributed by atoms with van der Waals surface area (Å²) >= 11 is 0. The van der Waals surface area contributed by atoms with E-state index in [1.807, 2.05) is 6.92 Å². The van der Waals surface area contributed by atoms with Crippen LogP contribution in [0.1, 0.15) is 32.6 Å². The molecule has 0 spiro atoms. The van der Waals surface area contributed by atoms with Gasteiger partial charge in [0.15, 0.2) is 6.10 Å². The van der Waals surface area contributed by atoms with Crippen molar-refractivity contribution in [1.82, 2.24) is 0 Å². The van der Waals surface area contributed by atoms with Gasteiger partial charge in [-0.05, 0) is 19.3 Å². The van der Waals surface area contributed by atoms with Gasteiger partial charge in [0.2, 0.25) is 0 Å². The van der Waals surface area contributed by atoms with E-state index in [0.29, 0.717) is 6.42 Å². The highest BCUT2D eigenvalue weighted by Gasteiger charge is 2.20. The molecule has 0 aliphatic rings. The minimum atomic E-state index is -1.23. The van der Waals surface area contributed by atoms with Crippen LogP contribution in [0.15, 0.2) is 0 Å². The van der Waals surface area contributed by atoms with Crippen molar-refractivity contribution >= 4 is 11.9 Å². The smallest absolute Gasteiger partial charge is 0.333 e. The van der Waals surface area contributed by atoms with E-state index in [-0.39, 0.29) is 19.8 Å². The van der Waals surface area contributed by atoms with Crippen LogP contribution in [0.2, 0.25) is 0 Å².